The molecule has 1 fully saturated rings. The highest BCUT2D eigenvalue weighted by Gasteiger charge is 2.44. The van der Waals surface area contributed by atoms with E-state index < -0.39 is 0 Å². The smallest absolute Gasteiger partial charge is 0.288 e. The van der Waals surface area contributed by atoms with Crippen molar-refractivity contribution in [2.75, 3.05) is 26.3 Å². The van der Waals surface area contributed by atoms with Gasteiger partial charge in [0.25, 0.3) is 5.91 Å². The molecule has 1 saturated heterocycles. The van der Waals surface area contributed by atoms with Crippen molar-refractivity contribution >= 4 is 5.91 Å². The molecule has 0 saturated carbocycles. The number of hydrazine groups is 1. The molecular formula is C20H27N3O3. The van der Waals surface area contributed by atoms with Gasteiger partial charge in [-0.05, 0) is 18.6 Å². The van der Waals surface area contributed by atoms with Crippen LogP contribution in [-0.4, -0.2) is 58.4 Å². The van der Waals surface area contributed by atoms with E-state index in [2.05, 4.69) is 24.1 Å². The molecule has 0 radical (unpaired) electrons. The summed E-state index contributed by atoms with van der Waals surface area (Å²) in [6.45, 7) is 7.83. The summed E-state index contributed by atoms with van der Waals surface area (Å²) in [7, 11) is 0. The van der Waals surface area contributed by atoms with Crippen LogP contribution in [-0.2, 0) is 9.53 Å². The first-order chi connectivity index (χ1) is 12.6. The van der Waals surface area contributed by atoms with Crippen molar-refractivity contribution in [1.82, 2.24) is 14.9 Å². The van der Waals surface area contributed by atoms with Gasteiger partial charge in [0, 0.05) is 25.2 Å². The van der Waals surface area contributed by atoms with E-state index in [1.807, 2.05) is 49.2 Å². The van der Waals surface area contributed by atoms with Gasteiger partial charge in [-0.2, -0.15) is 5.01 Å². The van der Waals surface area contributed by atoms with Crippen molar-refractivity contribution in [3.63, 3.8) is 0 Å². The number of fused-ring (bicyclic) bond motifs is 1. The third-order valence-electron chi connectivity index (χ3n) is 4.98. The summed E-state index contributed by atoms with van der Waals surface area (Å²) >= 11 is 0. The van der Waals surface area contributed by atoms with Gasteiger partial charge in [-0.15, -0.1) is 0 Å². The molecule has 1 amide bonds. The summed E-state index contributed by atoms with van der Waals surface area (Å²) in [5.74, 6) is -0.0941. The van der Waals surface area contributed by atoms with Crippen molar-refractivity contribution in [2.45, 2.75) is 32.9 Å². The Balaban J connectivity index is 2.12. The molecular weight excluding hydrogens is 330 g/mol. The number of carbonyl (C=O) groups excluding carboxylic acids is 1. The molecule has 1 aromatic rings. The van der Waals surface area contributed by atoms with E-state index in [0.29, 0.717) is 25.4 Å². The molecule has 3 rings (SSSR count). The van der Waals surface area contributed by atoms with E-state index in [4.69, 9.17) is 4.74 Å². The number of benzene rings is 1. The maximum Gasteiger partial charge on any atom is 0.288 e. The number of amides is 1. The number of ether oxygens (including phenoxy) is 1. The van der Waals surface area contributed by atoms with Crippen LogP contribution in [0.5, 0.6) is 0 Å². The van der Waals surface area contributed by atoms with Gasteiger partial charge in [-0.1, -0.05) is 44.2 Å². The van der Waals surface area contributed by atoms with Gasteiger partial charge in [0.1, 0.15) is 24.2 Å². The molecule has 0 bridgehead atoms. The molecule has 0 aliphatic carbocycles. The van der Waals surface area contributed by atoms with Crippen LogP contribution < -0.4 is 0 Å². The van der Waals surface area contributed by atoms with Crippen LogP contribution in [0.3, 0.4) is 0 Å². The van der Waals surface area contributed by atoms with Gasteiger partial charge < -0.3 is 14.7 Å². The Hall–Kier alpha value is -2.31. The van der Waals surface area contributed by atoms with E-state index in [0.717, 1.165) is 0 Å². The van der Waals surface area contributed by atoms with E-state index >= 15 is 0 Å². The van der Waals surface area contributed by atoms with Gasteiger partial charge in [0.15, 0.2) is 0 Å². The SMILES string of the molecule is CCN1C(=O)/C2=C(\O)COC/C=C\N2C(C(C)c2ccccc2)N1CC. The lowest BCUT2D eigenvalue weighted by Crippen LogP contribution is -2.64. The minimum atomic E-state index is -0.196. The molecule has 6 nitrogen and oxygen atoms in total. The van der Waals surface area contributed by atoms with Crippen molar-refractivity contribution in [3.05, 3.63) is 59.6 Å². The number of hydrogen-bond donors (Lipinski definition) is 1. The maximum absolute atomic E-state index is 13.1. The summed E-state index contributed by atoms with van der Waals surface area (Å²) in [4.78, 5) is 15.0. The average molecular weight is 357 g/mol. The second kappa shape index (κ2) is 7.93. The molecule has 1 aromatic carbocycles. The number of aliphatic hydroxyl groups is 1. The third-order valence-corrected chi connectivity index (χ3v) is 4.98. The van der Waals surface area contributed by atoms with Gasteiger partial charge in [0.05, 0.1) is 6.61 Å². The van der Waals surface area contributed by atoms with Crippen molar-refractivity contribution in [1.29, 1.82) is 0 Å². The Bertz CT molecular complexity index is 702. The highest BCUT2D eigenvalue weighted by atomic mass is 16.5. The van der Waals surface area contributed by atoms with E-state index in [1.165, 1.54) is 5.56 Å². The number of aliphatic hydroxyl groups excluding tert-OH is 1. The monoisotopic (exact) mass is 357 g/mol. The molecule has 2 unspecified atom stereocenters. The lowest BCUT2D eigenvalue weighted by atomic mass is 9.95. The second-order valence-corrected chi connectivity index (χ2v) is 6.49. The quantitative estimate of drug-likeness (QED) is 0.898. The number of rotatable bonds is 4. The van der Waals surface area contributed by atoms with Gasteiger partial charge in [-0.25, -0.2) is 0 Å². The predicted molar refractivity (Wildman–Crippen MR) is 99.9 cm³/mol. The Morgan fingerprint density at radius 1 is 1.23 bits per heavy atom. The van der Waals surface area contributed by atoms with Crippen LogP contribution in [0, 0.1) is 0 Å². The number of carbonyl (C=O) groups is 1. The number of hydrogen-bond acceptors (Lipinski definition) is 5. The van der Waals surface area contributed by atoms with Crippen molar-refractivity contribution in [3.8, 4) is 0 Å². The van der Waals surface area contributed by atoms with Crippen molar-refractivity contribution in [2.24, 2.45) is 0 Å². The summed E-state index contributed by atoms with van der Waals surface area (Å²) in [5.41, 5.74) is 1.49. The minimum Gasteiger partial charge on any atom is -0.507 e. The van der Waals surface area contributed by atoms with E-state index in [9.17, 15) is 9.90 Å². The first-order valence-electron chi connectivity index (χ1n) is 9.18. The highest BCUT2D eigenvalue weighted by molar-refractivity contribution is 5.94. The van der Waals surface area contributed by atoms with Crippen LogP contribution in [0.25, 0.3) is 0 Å². The Morgan fingerprint density at radius 2 is 1.96 bits per heavy atom. The lowest BCUT2D eigenvalue weighted by molar-refractivity contribution is -0.171. The molecule has 6 heteroatoms. The Labute approximate surface area is 154 Å². The zero-order chi connectivity index (χ0) is 18.7. The Morgan fingerprint density at radius 3 is 2.62 bits per heavy atom. The summed E-state index contributed by atoms with van der Waals surface area (Å²) < 4.78 is 5.38. The van der Waals surface area contributed by atoms with Crippen LogP contribution in [0.1, 0.15) is 32.3 Å². The molecule has 2 aliphatic rings. The fourth-order valence-electron chi connectivity index (χ4n) is 3.76. The largest absolute Gasteiger partial charge is 0.507 e. The first kappa shape index (κ1) is 18.5. The van der Waals surface area contributed by atoms with E-state index in [-0.39, 0.29) is 30.4 Å². The van der Waals surface area contributed by atoms with Crippen LogP contribution in [0.4, 0.5) is 0 Å². The van der Waals surface area contributed by atoms with E-state index in [1.54, 1.807) is 5.01 Å². The molecule has 2 aliphatic heterocycles. The zero-order valence-electron chi connectivity index (χ0n) is 15.6. The topological polar surface area (TPSA) is 56.3 Å². The maximum atomic E-state index is 13.1. The van der Waals surface area contributed by atoms with Crippen LogP contribution in [0.15, 0.2) is 54.1 Å². The molecule has 2 atom stereocenters. The van der Waals surface area contributed by atoms with Crippen LogP contribution >= 0.6 is 0 Å². The molecule has 26 heavy (non-hydrogen) atoms. The number of nitrogens with zero attached hydrogens (tertiary/aromatic N) is 3. The van der Waals surface area contributed by atoms with Gasteiger partial charge in [-0.3, -0.25) is 9.80 Å². The zero-order valence-corrected chi connectivity index (χ0v) is 15.6. The fraction of sp³-hybridized carbons (Fsp3) is 0.450. The summed E-state index contributed by atoms with van der Waals surface area (Å²) in [5, 5.41) is 14.3. The molecule has 1 N–H and O–H groups in total. The Kier molecular flexibility index (Phi) is 5.64. The molecule has 0 spiro atoms. The highest BCUT2D eigenvalue weighted by Crippen LogP contribution is 2.35. The van der Waals surface area contributed by atoms with Crippen LogP contribution in [0.2, 0.25) is 0 Å². The second-order valence-electron chi connectivity index (χ2n) is 6.49. The third kappa shape index (κ3) is 3.22. The standard InChI is InChI=1S/C20H27N3O3/c1-4-22-19(15(3)16-10-7-6-8-11-16)21-12-9-13-26-14-17(24)18(21)20(25)23(22)5-2/h6-12,15,19,24H,4-5,13-14H2,1-3H3/b12-9-,18-17+. The normalized spacial score (nSPS) is 26.9. The summed E-state index contributed by atoms with van der Waals surface area (Å²) in [6.07, 6.45) is 3.63. The fourth-order valence-corrected chi connectivity index (χ4v) is 3.76. The molecule has 2 heterocycles. The van der Waals surface area contributed by atoms with Gasteiger partial charge in [0.2, 0.25) is 0 Å². The average Bonchev–Trinajstić information content (AvgIpc) is 2.65. The lowest BCUT2D eigenvalue weighted by Gasteiger charge is -2.52. The molecule has 140 valence electrons. The first-order valence-corrected chi connectivity index (χ1v) is 9.18. The number of likely N-dealkylation sites (N-methyl/N-ethyl adjacent to an activating group) is 2. The minimum absolute atomic E-state index is 0.0150. The predicted octanol–water partition coefficient (Wildman–Crippen LogP) is 2.83. The summed E-state index contributed by atoms with van der Waals surface area (Å²) in [6, 6.07) is 10.3. The van der Waals surface area contributed by atoms with Gasteiger partial charge >= 0.3 is 0 Å². The van der Waals surface area contributed by atoms with Crippen molar-refractivity contribution < 1.29 is 14.6 Å². The molecule has 0 aromatic heterocycles.